The summed E-state index contributed by atoms with van der Waals surface area (Å²) < 4.78 is 0. The molecule has 0 saturated heterocycles. The first-order valence-corrected chi connectivity index (χ1v) is 8.02. The molecule has 23 heavy (non-hydrogen) atoms. The zero-order valence-corrected chi connectivity index (χ0v) is 16.8. The Morgan fingerprint density at radius 3 is 1.74 bits per heavy atom. The molecule has 1 fully saturated rings. The molecule has 4 rings (SSSR count). The average molecular weight is 383 g/mol. The predicted molar refractivity (Wildman–Crippen MR) is 91.9 cm³/mol. The molecule has 2 aromatic rings. The minimum Gasteiger partial charge on any atom is -0.677 e. The number of nitrogens with one attached hydrogen (secondary N) is 1. The van der Waals surface area contributed by atoms with Crippen LogP contribution in [0, 0.1) is 11.3 Å². The molecule has 1 atom stereocenters. The zero-order valence-electron chi connectivity index (χ0n) is 13.9. The van der Waals surface area contributed by atoms with Gasteiger partial charge in [0.2, 0.25) is 0 Å². The number of hydrogen-bond donors (Lipinski definition) is 1. The van der Waals surface area contributed by atoms with Crippen LogP contribution >= 0.6 is 0 Å². The van der Waals surface area contributed by atoms with E-state index in [1.54, 1.807) is 0 Å². The Labute approximate surface area is 164 Å². The maximum atomic E-state index is 9.46. The van der Waals surface area contributed by atoms with Crippen LogP contribution < -0.4 is 0 Å². The zero-order chi connectivity index (χ0) is 15.7. The van der Waals surface area contributed by atoms with Crippen LogP contribution in [-0.4, -0.2) is 18.3 Å². The number of aliphatic hydroxyl groups excluding tert-OH is 1. The maximum absolute atomic E-state index is 9.46. The molecule has 3 heteroatoms. The Bertz CT molecular complexity index is 623. The molecule has 1 radical (unpaired) electrons. The summed E-state index contributed by atoms with van der Waals surface area (Å²) in [5.41, 5.74) is 12.5. The molecule has 2 aliphatic carbocycles. The number of benzene rings is 2. The Morgan fingerprint density at radius 1 is 1.00 bits per heavy atom. The Balaban J connectivity index is 0.000000205. The molecule has 0 spiro atoms. The second-order valence-corrected chi connectivity index (χ2v) is 7.00. The Morgan fingerprint density at radius 2 is 1.43 bits per heavy atom. The smallest absolute Gasteiger partial charge is 0.0540 e. The Kier molecular flexibility index (Phi) is 6.18. The van der Waals surface area contributed by atoms with Gasteiger partial charge in [-0.1, -0.05) is 68.3 Å². The van der Waals surface area contributed by atoms with Crippen molar-refractivity contribution in [3.8, 4) is 11.1 Å². The molecule has 2 nitrogen and oxygen atoms in total. The fraction of sp³-hybridized carbons (Fsp3) is 0.400. The quantitative estimate of drug-likeness (QED) is 0.790. The number of rotatable bonds is 2. The van der Waals surface area contributed by atoms with Crippen molar-refractivity contribution in [1.82, 2.24) is 0 Å². The monoisotopic (exact) mass is 383 g/mol. The molecule has 2 aliphatic rings. The predicted octanol–water partition coefficient (Wildman–Crippen LogP) is 4.87. The molecular formula is C20H24NOY-. The van der Waals surface area contributed by atoms with Gasteiger partial charge in [0.15, 0.2) is 0 Å². The van der Waals surface area contributed by atoms with E-state index >= 15 is 0 Å². The molecule has 119 valence electrons. The van der Waals surface area contributed by atoms with Crippen molar-refractivity contribution >= 4 is 0 Å². The van der Waals surface area contributed by atoms with Crippen LogP contribution in [0.2, 0.25) is 0 Å². The summed E-state index contributed by atoms with van der Waals surface area (Å²) in [5.74, 6) is 0.880. The van der Waals surface area contributed by atoms with Gasteiger partial charge in [0.25, 0.3) is 0 Å². The topological polar surface area (TPSA) is 44.0 Å². The van der Waals surface area contributed by atoms with E-state index in [4.69, 9.17) is 5.73 Å². The first-order chi connectivity index (χ1) is 10.6. The van der Waals surface area contributed by atoms with E-state index in [2.05, 4.69) is 50.2 Å². The van der Waals surface area contributed by atoms with Gasteiger partial charge < -0.3 is 10.8 Å². The molecular weight excluding hydrogens is 359 g/mol. The first kappa shape index (κ1) is 18.8. The summed E-state index contributed by atoms with van der Waals surface area (Å²) in [6.07, 6.45) is 1.27. The molecule has 0 bridgehead atoms. The van der Waals surface area contributed by atoms with E-state index in [0.29, 0.717) is 17.9 Å². The second-order valence-electron chi connectivity index (χ2n) is 7.00. The second kappa shape index (κ2) is 7.57. The van der Waals surface area contributed by atoms with Crippen LogP contribution in [-0.2, 0) is 32.7 Å². The van der Waals surface area contributed by atoms with E-state index in [9.17, 15) is 5.11 Å². The van der Waals surface area contributed by atoms with Crippen molar-refractivity contribution in [2.24, 2.45) is 11.3 Å². The van der Waals surface area contributed by atoms with E-state index in [0.717, 1.165) is 0 Å². The summed E-state index contributed by atoms with van der Waals surface area (Å²) in [6, 6.07) is 16.6. The first-order valence-electron chi connectivity index (χ1n) is 8.02. The number of hydrogen-bond acceptors (Lipinski definition) is 1. The largest absolute Gasteiger partial charge is 0.677 e. The van der Waals surface area contributed by atoms with Gasteiger partial charge in [0.1, 0.15) is 0 Å². The van der Waals surface area contributed by atoms with Crippen molar-refractivity contribution in [1.29, 1.82) is 0 Å². The molecule has 2 N–H and O–H groups in total. The van der Waals surface area contributed by atoms with Crippen molar-refractivity contribution in [2.45, 2.75) is 26.2 Å². The summed E-state index contributed by atoms with van der Waals surface area (Å²) in [4.78, 5) is 0. The molecule has 0 heterocycles. The van der Waals surface area contributed by atoms with Crippen molar-refractivity contribution < 1.29 is 37.8 Å². The third-order valence-electron chi connectivity index (χ3n) is 5.11. The van der Waals surface area contributed by atoms with Gasteiger partial charge in [0, 0.05) is 38.6 Å². The molecule has 1 saturated carbocycles. The van der Waals surface area contributed by atoms with Crippen LogP contribution in [0.15, 0.2) is 48.5 Å². The standard InChI is InChI=1S/C14H12O.C6H12N.Y/c15-9-14-12-7-3-1-5-10(12)11-6-2-4-8-13(11)14;1-6(2)3-5(6)4-7;/h1-8,14-15H,9H2;5,7H,3-4H2,1-2H3;/q;-1;. The fourth-order valence-corrected chi connectivity index (χ4v) is 3.38. The van der Waals surface area contributed by atoms with Gasteiger partial charge in [-0.2, -0.15) is 0 Å². The van der Waals surface area contributed by atoms with Crippen molar-refractivity contribution in [3.05, 3.63) is 65.4 Å². The third-order valence-corrected chi connectivity index (χ3v) is 5.11. The molecule has 0 amide bonds. The van der Waals surface area contributed by atoms with Gasteiger partial charge in [-0.25, -0.2) is 0 Å². The molecule has 0 aliphatic heterocycles. The maximum Gasteiger partial charge on any atom is 0.0540 e. The van der Waals surface area contributed by atoms with Gasteiger partial charge in [-0.05, 0) is 34.1 Å². The van der Waals surface area contributed by atoms with E-state index in [1.165, 1.54) is 28.7 Å². The summed E-state index contributed by atoms with van der Waals surface area (Å²) in [7, 11) is 0. The van der Waals surface area contributed by atoms with E-state index < -0.39 is 0 Å². The Hall–Kier alpha value is -0.536. The van der Waals surface area contributed by atoms with Crippen LogP contribution in [0.1, 0.15) is 37.3 Å². The van der Waals surface area contributed by atoms with Crippen molar-refractivity contribution in [3.63, 3.8) is 0 Å². The van der Waals surface area contributed by atoms with Gasteiger partial charge >= 0.3 is 0 Å². The third kappa shape index (κ3) is 3.77. The van der Waals surface area contributed by atoms with Crippen molar-refractivity contribution in [2.75, 3.05) is 13.2 Å². The van der Waals surface area contributed by atoms with E-state index in [1.807, 2.05) is 12.1 Å². The van der Waals surface area contributed by atoms with Crippen LogP contribution in [0.5, 0.6) is 0 Å². The van der Waals surface area contributed by atoms with E-state index in [-0.39, 0.29) is 45.2 Å². The molecule has 0 aromatic heterocycles. The minimum absolute atomic E-state index is 0. The summed E-state index contributed by atoms with van der Waals surface area (Å²) in [5, 5.41) is 9.46. The van der Waals surface area contributed by atoms with Crippen LogP contribution in [0.25, 0.3) is 16.9 Å². The molecule has 2 aromatic carbocycles. The molecule has 1 unspecified atom stereocenters. The van der Waals surface area contributed by atoms with Gasteiger partial charge in [-0.3, -0.25) is 0 Å². The summed E-state index contributed by atoms with van der Waals surface area (Å²) >= 11 is 0. The van der Waals surface area contributed by atoms with Crippen LogP contribution in [0.4, 0.5) is 0 Å². The van der Waals surface area contributed by atoms with Crippen LogP contribution in [0.3, 0.4) is 0 Å². The van der Waals surface area contributed by atoms with Gasteiger partial charge in [-0.15, -0.1) is 6.54 Å². The number of aliphatic hydroxyl groups is 1. The summed E-state index contributed by atoms with van der Waals surface area (Å²) in [6.45, 7) is 5.28. The minimum atomic E-state index is 0. The number of fused-ring (bicyclic) bond motifs is 3. The SMILES string of the molecule is CC1(C)CC1C[NH-].OCC1c2ccccc2-c2ccccc21.[Y]. The average Bonchev–Trinajstić information content (AvgIpc) is 3.04. The van der Waals surface area contributed by atoms with Gasteiger partial charge in [0.05, 0.1) is 6.61 Å². The normalized spacial score (nSPS) is 19.7. The fourth-order valence-electron chi connectivity index (χ4n) is 3.38.